The molecule has 0 radical (unpaired) electrons. The van der Waals surface area contributed by atoms with Crippen LogP contribution < -0.4 is 16.0 Å². The molecule has 0 aromatic heterocycles. The quantitative estimate of drug-likeness (QED) is 0.350. The molecule has 0 bridgehead atoms. The second-order valence-electron chi connectivity index (χ2n) is 7.39. The lowest BCUT2D eigenvalue weighted by Gasteiger charge is -2.25. The third kappa shape index (κ3) is 12.5. The summed E-state index contributed by atoms with van der Waals surface area (Å²) in [5.74, 6) is -1.06. The number of carbonyl (C=O) groups is 4. The molecular weight excluding hydrogens is 418 g/mol. The summed E-state index contributed by atoms with van der Waals surface area (Å²) >= 11 is 3.02. The van der Waals surface area contributed by atoms with Gasteiger partial charge in [0, 0.05) is 0 Å². The Labute approximate surface area is 180 Å². The van der Waals surface area contributed by atoms with Crippen LogP contribution in [-0.4, -0.2) is 76.7 Å². The summed E-state index contributed by atoms with van der Waals surface area (Å²) in [5.41, 5.74) is -0.710. The van der Waals surface area contributed by atoms with Crippen LogP contribution >= 0.6 is 23.5 Å². The number of ether oxygens (including phenoxy) is 1. The van der Waals surface area contributed by atoms with Crippen molar-refractivity contribution in [1.82, 2.24) is 16.0 Å². The van der Waals surface area contributed by atoms with Gasteiger partial charge >= 0.3 is 12.1 Å². The number of carboxylic acid groups (broad SMARTS) is 1. The molecule has 0 aliphatic heterocycles. The van der Waals surface area contributed by atoms with E-state index >= 15 is 0 Å². The third-order valence-corrected chi connectivity index (χ3v) is 4.88. The van der Waals surface area contributed by atoms with Crippen LogP contribution in [0.4, 0.5) is 4.79 Å². The van der Waals surface area contributed by atoms with E-state index in [0.29, 0.717) is 24.3 Å². The van der Waals surface area contributed by atoms with Crippen LogP contribution in [0.1, 0.15) is 40.5 Å². The first-order valence-electron chi connectivity index (χ1n) is 9.22. The third-order valence-electron chi connectivity index (χ3n) is 3.59. The minimum Gasteiger partial charge on any atom is -0.480 e. The Kier molecular flexibility index (Phi) is 12.8. The molecule has 0 rings (SSSR count). The van der Waals surface area contributed by atoms with Gasteiger partial charge in [0.15, 0.2) is 0 Å². The zero-order valence-corrected chi connectivity index (χ0v) is 19.5. The number of hydrogen-bond acceptors (Lipinski definition) is 7. The predicted molar refractivity (Wildman–Crippen MR) is 116 cm³/mol. The zero-order valence-electron chi connectivity index (χ0n) is 17.9. The van der Waals surface area contributed by atoms with Crippen molar-refractivity contribution < 1.29 is 29.0 Å². The van der Waals surface area contributed by atoms with Crippen LogP contribution in [0.2, 0.25) is 0 Å². The Hall–Kier alpha value is -1.62. The average molecular weight is 452 g/mol. The molecule has 0 aliphatic rings. The highest BCUT2D eigenvalue weighted by molar-refractivity contribution is 7.98. The maximum atomic E-state index is 12.8. The van der Waals surface area contributed by atoms with Crippen LogP contribution in [0.5, 0.6) is 0 Å². The van der Waals surface area contributed by atoms with Crippen molar-refractivity contribution in [3.05, 3.63) is 0 Å². The van der Waals surface area contributed by atoms with Crippen molar-refractivity contribution in [2.75, 3.05) is 24.0 Å². The highest BCUT2D eigenvalue weighted by Gasteiger charge is 2.29. The van der Waals surface area contributed by atoms with Gasteiger partial charge < -0.3 is 25.8 Å². The van der Waals surface area contributed by atoms with Crippen molar-refractivity contribution >= 4 is 47.4 Å². The van der Waals surface area contributed by atoms with E-state index in [1.54, 1.807) is 20.8 Å². The lowest BCUT2D eigenvalue weighted by atomic mass is 10.1. The Morgan fingerprint density at radius 3 is 1.76 bits per heavy atom. The second-order valence-corrected chi connectivity index (χ2v) is 9.36. The number of aliphatic carboxylic acids is 1. The molecule has 0 heterocycles. The van der Waals surface area contributed by atoms with E-state index in [9.17, 15) is 19.2 Å². The van der Waals surface area contributed by atoms with Gasteiger partial charge in [-0.1, -0.05) is 0 Å². The molecule has 9 nitrogen and oxygen atoms in total. The Morgan fingerprint density at radius 1 is 0.897 bits per heavy atom. The lowest BCUT2D eigenvalue weighted by Crippen LogP contribution is -2.56. The van der Waals surface area contributed by atoms with Gasteiger partial charge in [0.2, 0.25) is 11.8 Å². The van der Waals surface area contributed by atoms with Gasteiger partial charge in [-0.25, -0.2) is 4.79 Å². The smallest absolute Gasteiger partial charge is 0.408 e. The summed E-state index contributed by atoms with van der Waals surface area (Å²) in [6.45, 7) is 6.50. The van der Waals surface area contributed by atoms with Gasteiger partial charge in [-0.3, -0.25) is 14.4 Å². The van der Waals surface area contributed by atoms with Crippen LogP contribution in [0, 0.1) is 0 Å². The van der Waals surface area contributed by atoms with E-state index in [2.05, 4.69) is 16.0 Å². The van der Waals surface area contributed by atoms with Gasteiger partial charge in [0.1, 0.15) is 23.7 Å². The van der Waals surface area contributed by atoms with Crippen LogP contribution in [0.3, 0.4) is 0 Å². The highest BCUT2D eigenvalue weighted by atomic mass is 32.2. The van der Waals surface area contributed by atoms with Crippen molar-refractivity contribution in [2.24, 2.45) is 0 Å². The van der Waals surface area contributed by atoms with E-state index in [4.69, 9.17) is 9.84 Å². The molecule has 3 amide bonds. The topological polar surface area (TPSA) is 134 Å². The second kappa shape index (κ2) is 13.6. The molecule has 0 unspecified atom stereocenters. The van der Waals surface area contributed by atoms with E-state index in [1.165, 1.54) is 30.4 Å². The molecule has 168 valence electrons. The molecule has 11 heteroatoms. The number of carbonyl (C=O) groups excluding carboxylic acids is 3. The number of hydrogen-bond donors (Lipinski definition) is 4. The molecule has 0 spiro atoms. The number of thioether (sulfide) groups is 2. The molecule has 0 aromatic rings. The highest BCUT2D eigenvalue weighted by Crippen LogP contribution is 2.09. The van der Waals surface area contributed by atoms with Gasteiger partial charge in [-0.05, 0) is 64.6 Å². The first-order chi connectivity index (χ1) is 13.4. The largest absolute Gasteiger partial charge is 0.480 e. The van der Waals surface area contributed by atoms with Crippen LogP contribution in [-0.2, 0) is 19.1 Å². The monoisotopic (exact) mass is 451 g/mol. The summed E-state index contributed by atoms with van der Waals surface area (Å²) in [7, 11) is 0. The molecule has 0 fully saturated rings. The number of carboxylic acids is 1. The van der Waals surface area contributed by atoms with Crippen LogP contribution in [0.25, 0.3) is 0 Å². The van der Waals surface area contributed by atoms with Crippen molar-refractivity contribution in [3.63, 3.8) is 0 Å². The summed E-state index contributed by atoms with van der Waals surface area (Å²) < 4.78 is 5.21. The summed E-state index contributed by atoms with van der Waals surface area (Å²) in [4.78, 5) is 48.3. The minimum atomic E-state index is -1.17. The molecule has 0 aromatic carbocycles. The van der Waals surface area contributed by atoms with Crippen molar-refractivity contribution in [1.29, 1.82) is 0 Å². The molecule has 0 aliphatic carbocycles. The summed E-state index contributed by atoms with van der Waals surface area (Å²) in [6.07, 6.45) is 3.71. The fraction of sp³-hybridized carbons (Fsp3) is 0.778. The van der Waals surface area contributed by atoms with E-state index < -0.39 is 47.6 Å². The zero-order chi connectivity index (χ0) is 22.6. The Morgan fingerprint density at radius 2 is 1.34 bits per heavy atom. The standard InChI is InChI=1S/C18H33N3O6S2/c1-11(16(24)25)19-14(22)12(7-9-28-5)20-15(23)13(8-10-29-6)21-17(26)27-18(2,3)4/h11-13H,7-10H2,1-6H3,(H,19,22)(H,20,23)(H,21,26)(H,24,25)/t11-,12+,13+/m0/s1. The summed E-state index contributed by atoms with van der Waals surface area (Å²) in [5, 5.41) is 16.5. The average Bonchev–Trinajstić information content (AvgIpc) is 2.59. The SMILES string of the molecule is CSCC[C@@H](NC(=O)OC(C)(C)C)C(=O)N[C@H](CCSC)C(=O)N[C@@H](C)C(=O)O. The number of nitrogens with one attached hydrogen (secondary N) is 3. The number of amides is 3. The molecule has 4 N–H and O–H groups in total. The van der Waals surface area contributed by atoms with Gasteiger partial charge in [0.25, 0.3) is 0 Å². The fourth-order valence-corrected chi connectivity index (χ4v) is 3.05. The van der Waals surface area contributed by atoms with Gasteiger partial charge in [0.05, 0.1) is 0 Å². The molecule has 3 atom stereocenters. The van der Waals surface area contributed by atoms with Crippen molar-refractivity contribution in [3.8, 4) is 0 Å². The molecule has 0 saturated heterocycles. The maximum absolute atomic E-state index is 12.8. The normalized spacial score (nSPS) is 14.3. The van der Waals surface area contributed by atoms with Crippen LogP contribution in [0.15, 0.2) is 0 Å². The number of rotatable bonds is 12. The van der Waals surface area contributed by atoms with Gasteiger partial charge in [-0.15, -0.1) is 0 Å². The molecular formula is C18H33N3O6S2. The maximum Gasteiger partial charge on any atom is 0.408 e. The van der Waals surface area contributed by atoms with E-state index in [1.807, 2.05) is 12.5 Å². The van der Waals surface area contributed by atoms with Gasteiger partial charge in [-0.2, -0.15) is 23.5 Å². The first kappa shape index (κ1) is 27.4. The van der Waals surface area contributed by atoms with E-state index in [-0.39, 0.29) is 0 Å². The Bertz CT molecular complexity index is 568. The predicted octanol–water partition coefficient (Wildman–Crippen LogP) is 1.46. The Balaban J connectivity index is 5.19. The van der Waals surface area contributed by atoms with E-state index in [0.717, 1.165) is 0 Å². The molecule has 0 saturated carbocycles. The first-order valence-corrected chi connectivity index (χ1v) is 12.0. The van der Waals surface area contributed by atoms with Crippen molar-refractivity contribution in [2.45, 2.75) is 64.3 Å². The summed E-state index contributed by atoms with van der Waals surface area (Å²) in [6, 6.07) is -2.86. The minimum absolute atomic E-state index is 0.326. The molecule has 29 heavy (non-hydrogen) atoms. The fourth-order valence-electron chi connectivity index (χ4n) is 2.11. The number of alkyl carbamates (subject to hydrolysis) is 1. The lowest BCUT2D eigenvalue weighted by molar-refractivity contribution is -0.141.